The minimum Gasteiger partial charge on any atom is -0.399 e. The van der Waals surface area contributed by atoms with E-state index < -0.39 is 134 Å². The third-order valence-corrected chi connectivity index (χ3v) is 13.1. The van der Waals surface area contributed by atoms with Crippen LogP contribution in [-0.2, 0) is 70.3 Å². The second kappa shape index (κ2) is 14.0. The summed E-state index contributed by atoms with van der Waals surface area (Å²) in [5.74, 6) is 0. The van der Waals surface area contributed by atoms with Crippen molar-refractivity contribution in [3.63, 3.8) is 0 Å². The molecule has 0 aliphatic rings. The van der Waals surface area contributed by atoms with Gasteiger partial charge in [0, 0.05) is 27.2 Å². The van der Waals surface area contributed by atoms with Gasteiger partial charge in [0.1, 0.15) is 19.6 Å². The highest BCUT2D eigenvalue weighted by molar-refractivity contribution is 7.88. The molecule has 0 heterocycles. The second-order valence-electron chi connectivity index (χ2n) is 11.4. The number of rotatable bonds is 12. The maximum absolute atomic E-state index is 12.8. The number of hydrogen-bond acceptors (Lipinski definition) is 15. The van der Waals surface area contributed by atoms with Crippen LogP contribution in [0.3, 0.4) is 0 Å². The van der Waals surface area contributed by atoms with Crippen LogP contribution in [-0.4, -0.2) is 90.6 Å². The number of nitrogens with two attached hydrogens (primary N) is 1. The third kappa shape index (κ3) is 8.30. The van der Waals surface area contributed by atoms with E-state index in [0.29, 0.717) is 46.2 Å². The van der Waals surface area contributed by atoms with E-state index in [-0.39, 0.29) is 30.6 Å². The van der Waals surface area contributed by atoms with Crippen LogP contribution in [0.4, 0.5) is 28.4 Å². The predicted molar refractivity (Wildman–Crippen MR) is 194 cm³/mol. The molecular weight excluding hydrogens is 891 g/mol. The van der Waals surface area contributed by atoms with Crippen molar-refractivity contribution in [2.45, 2.75) is 29.4 Å². The molecule has 5 aromatic rings. The molecular formula is C28H21N3O20S6. The van der Waals surface area contributed by atoms with Gasteiger partial charge in [-0.3, -0.25) is 46.7 Å². The maximum Gasteiger partial charge on any atom is 0.295 e. The Balaban J connectivity index is 1.89. The zero-order chi connectivity index (χ0) is 43.0. The molecule has 23 nitrogen and oxygen atoms in total. The molecule has 0 aromatic heterocycles. The molecule has 0 aliphatic heterocycles. The molecule has 0 saturated carbocycles. The number of carbonyl (C=O) groups is 2. The molecule has 29 heteroatoms. The van der Waals surface area contributed by atoms with E-state index in [1.165, 1.54) is 0 Å². The average Bonchev–Trinajstić information content (AvgIpc) is 3.05. The zero-order valence-corrected chi connectivity index (χ0v) is 32.2. The summed E-state index contributed by atoms with van der Waals surface area (Å²) in [6.45, 7) is 0. The highest BCUT2D eigenvalue weighted by Gasteiger charge is 2.31. The number of nitrogens with zero attached hydrogens (tertiary/aromatic N) is 2. The Kier molecular flexibility index (Phi) is 10.6. The highest BCUT2D eigenvalue weighted by atomic mass is 32.2. The van der Waals surface area contributed by atoms with Crippen molar-refractivity contribution < 1.29 is 87.4 Å². The quantitative estimate of drug-likeness (QED) is 0.0531. The molecule has 0 fully saturated rings. The summed E-state index contributed by atoms with van der Waals surface area (Å²) in [7, 11) is -32.7. The molecule has 0 saturated heterocycles. The van der Waals surface area contributed by atoms with Gasteiger partial charge in [-0.1, -0.05) is 0 Å². The van der Waals surface area contributed by atoms with Crippen molar-refractivity contribution in [1.29, 1.82) is 0 Å². The minimum absolute atomic E-state index is 0.0697. The Morgan fingerprint density at radius 1 is 0.421 bits per heavy atom. The topological polar surface area (TPSA) is 393 Å². The van der Waals surface area contributed by atoms with Crippen molar-refractivity contribution in [3.8, 4) is 0 Å². The van der Waals surface area contributed by atoms with E-state index in [2.05, 4.69) is 0 Å². The molecule has 57 heavy (non-hydrogen) atoms. The lowest BCUT2D eigenvalue weighted by atomic mass is 10.1. The van der Waals surface area contributed by atoms with Gasteiger partial charge >= 0.3 is 0 Å². The largest absolute Gasteiger partial charge is 0.399 e. The Morgan fingerprint density at radius 3 is 1.00 bits per heavy atom. The van der Waals surface area contributed by atoms with E-state index in [0.717, 1.165) is 18.2 Å². The number of carbonyl (C=O) groups excluding carboxylic acids is 2. The van der Waals surface area contributed by atoms with Gasteiger partial charge in [-0.05, 0) is 66.7 Å². The van der Waals surface area contributed by atoms with Gasteiger partial charge in [0.05, 0.1) is 32.5 Å². The summed E-state index contributed by atoms with van der Waals surface area (Å²) in [6.07, 6.45) is -0.139. The minimum atomic E-state index is -5.61. The van der Waals surface area contributed by atoms with Gasteiger partial charge in [-0.25, -0.2) is 0 Å². The standard InChI is InChI=1S/C28H21N3O20S6/c29-14-5-15(30(12-32)21-1-3-23(54(40,41)42)19-8-17(52(34,35)36)10-25(27(19)21)56(46,47)48)7-16(6-14)31(13-33)22-2-4-24(55(43,44)45)20-9-18(53(37,38)39)11-26(28(20)22)57(49,50)51/h1-13H,29H2,(H,34,35,36)(H,37,38,39)(H,40,41,42)(H,43,44,45)(H,46,47,48)(H,49,50,51). The number of nitrogen functional groups attached to an aromatic ring is 1. The first kappa shape index (κ1) is 43.0. The third-order valence-electron chi connectivity index (χ3n) is 7.90. The normalized spacial score (nSPS) is 13.1. The van der Waals surface area contributed by atoms with E-state index in [4.69, 9.17) is 5.73 Å². The van der Waals surface area contributed by atoms with Crippen LogP contribution in [0.15, 0.2) is 96.1 Å². The van der Waals surface area contributed by atoms with Crippen molar-refractivity contribution in [1.82, 2.24) is 0 Å². The van der Waals surface area contributed by atoms with Gasteiger partial charge in [0.25, 0.3) is 60.7 Å². The van der Waals surface area contributed by atoms with Crippen LogP contribution in [0.2, 0.25) is 0 Å². The second-order valence-corrected chi connectivity index (χ2v) is 19.8. The van der Waals surface area contributed by atoms with Crippen molar-refractivity contribution in [2.75, 3.05) is 15.5 Å². The number of hydrogen-bond donors (Lipinski definition) is 7. The first-order valence-electron chi connectivity index (χ1n) is 14.4. The Morgan fingerprint density at radius 2 is 0.737 bits per heavy atom. The van der Waals surface area contributed by atoms with Gasteiger partial charge in [0.2, 0.25) is 12.8 Å². The van der Waals surface area contributed by atoms with Crippen LogP contribution in [0, 0.1) is 0 Å². The average molecular weight is 912 g/mol. The lowest BCUT2D eigenvalue weighted by molar-refractivity contribution is -0.107. The van der Waals surface area contributed by atoms with E-state index in [1.807, 2.05) is 0 Å². The molecule has 8 N–H and O–H groups in total. The molecule has 0 atom stereocenters. The number of anilines is 5. The van der Waals surface area contributed by atoms with E-state index in [1.54, 1.807) is 0 Å². The Bertz CT molecular complexity index is 3080. The van der Waals surface area contributed by atoms with Gasteiger partial charge in [0.15, 0.2) is 0 Å². The van der Waals surface area contributed by atoms with E-state index in [9.17, 15) is 87.4 Å². The van der Waals surface area contributed by atoms with Gasteiger partial charge in [-0.2, -0.15) is 50.5 Å². The van der Waals surface area contributed by atoms with Crippen LogP contribution in [0.25, 0.3) is 21.5 Å². The smallest absolute Gasteiger partial charge is 0.295 e. The number of amides is 2. The molecule has 0 bridgehead atoms. The number of benzene rings is 5. The SMILES string of the molecule is Nc1cc(N(C=O)c2ccc(S(=O)(=O)O)c3cc(S(=O)(=O)O)cc(S(=O)(=O)O)c23)cc(N(C=O)c2ccc(S(=O)(=O)O)c3cc(S(=O)(=O)O)cc(S(=O)(=O)O)c23)c1. The van der Waals surface area contributed by atoms with Crippen molar-refractivity contribution in [2.24, 2.45) is 0 Å². The van der Waals surface area contributed by atoms with Crippen LogP contribution < -0.4 is 15.5 Å². The van der Waals surface area contributed by atoms with Crippen molar-refractivity contribution >= 4 is 124 Å². The molecule has 2 amide bonds. The van der Waals surface area contributed by atoms with Crippen LogP contribution >= 0.6 is 0 Å². The lowest BCUT2D eigenvalue weighted by Gasteiger charge is -2.26. The van der Waals surface area contributed by atoms with Gasteiger partial charge < -0.3 is 5.73 Å². The van der Waals surface area contributed by atoms with E-state index >= 15 is 0 Å². The monoisotopic (exact) mass is 911 g/mol. The molecule has 0 spiro atoms. The first-order chi connectivity index (χ1) is 25.9. The summed E-state index contributed by atoms with van der Waals surface area (Å²) in [5, 5.41) is -3.89. The Labute approximate surface area is 321 Å². The van der Waals surface area contributed by atoms with Crippen molar-refractivity contribution in [3.05, 3.63) is 66.7 Å². The summed E-state index contributed by atoms with van der Waals surface area (Å²) in [6, 6.07) is 6.49. The highest BCUT2D eigenvalue weighted by Crippen LogP contribution is 2.44. The molecule has 0 unspecified atom stereocenters. The lowest BCUT2D eigenvalue weighted by Crippen LogP contribution is -2.19. The molecule has 0 radical (unpaired) electrons. The van der Waals surface area contributed by atoms with Crippen LogP contribution in [0.5, 0.6) is 0 Å². The Hall–Kier alpha value is -5.18. The summed E-state index contributed by atoms with van der Waals surface area (Å²) >= 11 is 0. The predicted octanol–water partition coefficient (Wildman–Crippen LogP) is 1.64. The summed E-state index contributed by atoms with van der Waals surface area (Å²) in [4.78, 5) is 18.7. The number of fused-ring (bicyclic) bond motifs is 2. The summed E-state index contributed by atoms with van der Waals surface area (Å²) in [5.41, 5.74) is 3.28. The summed E-state index contributed by atoms with van der Waals surface area (Å²) < 4.78 is 207. The maximum atomic E-state index is 12.8. The fourth-order valence-corrected chi connectivity index (χ4v) is 9.79. The molecule has 5 aromatic carbocycles. The van der Waals surface area contributed by atoms with Crippen LogP contribution in [0.1, 0.15) is 0 Å². The molecule has 0 aliphatic carbocycles. The fourth-order valence-electron chi connectivity index (χ4n) is 5.72. The van der Waals surface area contributed by atoms with Gasteiger partial charge in [-0.15, -0.1) is 0 Å². The zero-order valence-electron chi connectivity index (χ0n) is 27.3. The molecule has 304 valence electrons. The first-order valence-corrected chi connectivity index (χ1v) is 23.0. The molecule has 5 rings (SSSR count). The fraction of sp³-hybridized carbons (Fsp3) is 0.